The van der Waals surface area contributed by atoms with Crippen LogP contribution in [0.4, 0.5) is 4.39 Å². The molecule has 0 heterocycles. The van der Waals surface area contributed by atoms with Gasteiger partial charge in [0.15, 0.2) is 0 Å². The van der Waals surface area contributed by atoms with E-state index in [1.54, 1.807) is 0 Å². The van der Waals surface area contributed by atoms with Gasteiger partial charge >= 0.3 is 0 Å². The fourth-order valence-corrected chi connectivity index (χ4v) is 4.12. The molecule has 0 bridgehead atoms. The molecule has 11 heteroatoms. The van der Waals surface area contributed by atoms with Crippen LogP contribution in [0.25, 0.3) is 11.1 Å². The number of rotatable bonds is 4. The molecule has 24 heavy (non-hydrogen) atoms. The zero-order valence-corrected chi connectivity index (χ0v) is 15.2. The largest absolute Gasteiger partial charge is 0.496 e. The highest BCUT2D eigenvalue weighted by Crippen LogP contribution is 2.41. The van der Waals surface area contributed by atoms with Gasteiger partial charge in [0, 0.05) is 10.0 Å². The van der Waals surface area contributed by atoms with Crippen LogP contribution in [0.5, 0.6) is 5.75 Å². The van der Waals surface area contributed by atoms with Crippen molar-refractivity contribution in [2.24, 2.45) is 5.14 Å². The van der Waals surface area contributed by atoms with Crippen LogP contribution >= 0.6 is 15.9 Å². The lowest BCUT2D eigenvalue weighted by atomic mass is 10.0. The normalized spacial score (nSPS) is 12.2. The molecule has 0 radical (unpaired) electrons. The van der Waals surface area contributed by atoms with Gasteiger partial charge in [-0.2, -0.15) is 8.42 Å². The molecule has 0 aliphatic heterocycles. The van der Waals surface area contributed by atoms with Gasteiger partial charge in [-0.15, -0.1) is 0 Å². The van der Waals surface area contributed by atoms with Gasteiger partial charge in [-0.1, -0.05) is 22.0 Å². The predicted molar refractivity (Wildman–Crippen MR) is 87.3 cm³/mol. The number of nitrogens with two attached hydrogens (primary N) is 1. The van der Waals surface area contributed by atoms with E-state index in [4.69, 9.17) is 9.88 Å². The maximum Gasteiger partial charge on any atom is 0.295 e. The monoisotopic (exact) mass is 439 g/mol. The van der Waals surface area contributed by atoms with E-state index in [1.165, 1.54) is 13.2 Å². The van der Waals surface area contributed by atoms with Gasteiger partial charge in [0.1, 0.15) is 16.5 Å². The van der Waals surface area contributed by atoms with Crippen LogP contribution in [0.2, 0.25) is 0 Å². The molecule has 2 rings (SSSR count). The van der Waals surface area contributed by atoms with Gasteiger partial charge in [-0.05, 0) is 24.3 Å². The van der Waals surface area contributed by atoms with Crippen molar-refractivity contribution in [2.45, 2.75) is 9.79 Å². The average Bonchev–Trinajstić information content (AvgIpc) is 2.43. The van der Waals surface area contributed by atoms with Gasteiger partial charge in [-0.25, -0.2) is 17.9 Å². The zero-order chi connectivity index (χ0) is 18.3. The van der Waals surface area contributed by atoms with Gasteiger partial charge in [0.05, 0.1) is 17.6 Å². The molecular formula is C13H11BrFNO6S2. The maximum absolute atomic E-state index is 14.5. The highest BCUT2D eigenvalue weighted by molar-refractivity contribution is 9.10. The molecule has 0 unspecified atom stereocenters. The molecule has 0 aliphatic carbocycles. The first kappa shape index (κ1) is 18.8. The maximum atomic E-state index is 14.5. The highest BCUT2D eigenvalue weighted by Gasteiger charge is 2.28. The van der Waals surface area contributed by atoms with Crippen LogP contribution in [0, 0.1) is 5.82 Å². The number of sulfonamides is 1. The minimum Gasteiger partial charge on any atom is -0.496 e. The molecule has 7 nitrogen and oxygen atoms in total. The smallest absolute Gasteiger partial charge is 0.295 e. The molecule has 130 valence electrons. The summed E-state index contributed by atoms with van der Waals surface area (Å²) in [6.07, 6.45) is 0. The van der Waals surface area contributed by atoms with E-state index in [1.807, 2.05) is 0 Å². The minimum atomic E-state index is -4.87. The van der Waals surface area contributed by atoms with E-state index in [0.29, 0.717) is 0 Å². The molecule has 0 saturated carbocycles. The topological polar surface area (TPSA) is 124 Å². The van der Waals surface area contributed by atoms with E-state index in [0.717, 1.165) is 24.3 Å². The first-order valence-corrected chi connectivity index (χ1v) is 9.91. The lowest BCUT2D eigenvalue weighted by Crippen LogP contribution is -2.16. The number of hydrogen-bond donors (Lipinski definition) is 2. The van der Waals surface area contributed by atoms with Gasteiger partial charge in [0.25, 0.3) is 10.1 Å². The second kappa shape index (κ2) is 6.41. The molecule has 0 saturated heterocycles. The summed E-state index contributed by atoms with van der Waals surface area (Å²) in [6.45, 7) is 0. The Morgan fingerprint density at radius 3 is 2.21 bits per heavy atom. The third-order valence-corrected chi connectivity index (χ3v) is 5.37. The predicted octanol–water partition coefficient (Wildman–Crippen LogP) is 2.16. The van der Waals surface area contributed by atoms with Crippen LogP contribution in [0.3, 0.4) is 0 Å². The molecule has 0 fully saturated rings. The van der Waals surface area contributed by atoms with Crippen molar-refractivity contribution in [3.05, 3.63) is 40.6 Å². The molecule has 0 spiro atoms. The van der Waals surface area contributed by atoms with Gasteiger partial charge < -0.3 is 4.74 Å². The molecule has 0 atom stereocenters. The van der Waals surface area contributed by atoms with Crippen molar-refractivity contribution >= 4 is 36.1 Å². The quantitative estimate of drug-likeness (QED) is 0.703. The van der Waals surface area contributed by atoms with Crippen LogP contribution in [0.1, 0.15) is 0 Å². The van der Waals surface area contributed by atoms with E-state index in [9.17, 15) is 25.8 Å². The van der Waals surface area contributed by atoms with Crippen molar-refractivity contribution in [3.8, 4) is 16.9 Å². The molecular weight excluding hydrogens is 429 g/mol. The Balaban J connectivity index is 3.10. The van der Waals surface area contributed by atoms with Crippen LogP contribution < -0.4 is 9.88 Å². The van der Waals surface area contributed by atoms with Gasteiger partial charge in [0.2, 0.25) is 10.0 Å². The highest BCUT2D eigenvalue weighted by atomic mass is 79.9. The Morgan fingerprint density at radius 1 is 1.12 bits per heavy atom. The third kappa shape index (κ3) is 3.59. The second-order valence-corrected chi connectivity index (χ2v) is 8.45. The summed E-state index contributed by atoms with van der Waals surface area (Å²) in [5, 5.41) is 5.10. The van der Waals surface area contributed by atoms with Crippen LogP contribution in [-0.4, -0.2) is 28.5 Å². The summed E-state index contributed by atoms with van der Waals surface area (Å²) in [7, 11) is -8.10. The number of ether oxygens (including phenoxy) is 1. The molecule has 0 aromatic heterocycles. The first-order valence-electron chi connectivity index (χ1n) is 6.13. The van der Waals surface area contributed by atoms with E-state index in [-0.39, 0.29) is 10.2 Å². The minimum absolute atomic E-state index is 0.150. The summed E-state index contributed by atoms with van der Waals surface area (Å²) in [5.74, 6) is -1.12. The van der Waals surface area contributed by atoms with Crippen molar-refractivity contribution in [2.75, 3.05) is 7.11 Å². The number of primary sulfonamides is 1. The summed E-state index contributed by atoms with van der Waals surface area (Å²) < 4.78 is 76.1. The van der Waals surface area contributed by atoms with Gasteiger partial charge in [-0.3, -0.25) is 4.55 Å². The standard InChI is InChI=1S/C13H11BrFNO6S2/c1-22-9-6-7(14)5-8(15)12(9)13-10(23(16,17)18)3-2-4-11(13)24(19,20)21/h2-6H,1H3,(H2,16,17,18)(H,19,20,21). The summed E-state index contributed by atoms with van der Waals surface area (Å²) in [4.78, 5) is -1.48. The Labute approximate surface area is 146 Å². The summed E-state index contributed by atoms with van der Waals surface area (Å²) in [6, 6.07) is 5.30. The van der Waals surface area contributed by atoms with Crippen LogP contribution in [0.15, 0.2) is 44.6 Å². The van der Waals surface area contributed by atoms with Crippen molar-refractivity contribution < 1.29 is 30.5 Å². The molecule has 2 aromatic carbocycles. The fraction of sp³-hybridized carbons (Fsp3) is 0.0769. The van der Waals surface area contributed by atoms with Crippen molar-refractivity contribution in [3.63, 3.8) is 0 Å². The molecule has 3 N–H and O–H groups in total. The Morgan fingerprint density at radius 2 is 1.71 bits per heavy atom. The second-order valence-electron chi connectivity index (χ2n) is 4.61. The van der Waals surface area contributed by atoms with Crippen molar-refractivity contribution in [1.29, 1.82) is 0 Å². The Kier molecular flexibility index (Phi) is 5.02. The summed E-state index contributed by atoms with van der Waals surface area (Å²) >= 11 is 3.05. The number of halogens is 2. The Hall–Kier alpha value is -1.53. The lowest BCUT2D eigenvalue weighted by molar-refractivity contribution is 0.413. The molecule has 2 aromatic rings. The lowest BCUT2D eigenvalue weighted by Gasteiger charge is -2.16. The number of methoxy groups -OCH3 is 1. The first-order chi connectivity index (χ1) is 11.0. The molecule has 0 amide bonds. The van der Waals surface area contributed by atoms with Crippen LogP contribution in [-0.2, 0) is 20.1 Å². The Bertz CT molecular complexity index is 971. The third-order valence-electron chi connectivity index (χ3n) is 3.06. The zero-order valence-electron chi connectivity index (χ0n) is 12.0. The number of benzene rings is 2. The fourth-order valence-electron chi connectivity index (χ4n) is 2.16. The van der Waals surface area contributed by atoms with E-state index < -0.39 is 46.9 Å². The SMILES string of the molecule is COc1cc(Br)cc(F)c1-c1c(S(N)(=O)=O)cccc1S(=O)(=O)O. The van der Waals surface area contributed by atoms with E-state index >= 15 is 0 Å². The average molecular weight is 440 g/mol. The number of hydrogen-bond acceptors (Lipinski definition) is 5. The summed E-state index contributed by atoms with van der Waals surface area (Å²) in [5.41, 5.74) is -1.07. The van der Waals surface area contributed by atoms with Crippen molar-refractivity contribution in [1.82, 2.24) is 0 Å². The molecule has 0 aliphatic rings. The van der Waals surface area contributed by atoms with E-state index in [2.05, 4.69) is 15.9 Å².